The first-order valence-electron chi connectivity index (χ1n) is 10.8. The van der Waals surface area contributed by atoms with E-state index in [0.29, 0.717) is 17.9 Å². The molecule has 2 aromatic carbocycles. The van der Waals surface area contributed by atoms with Crippen molar-refractivity contribution in [3.8, 4) is 5.75 Å². The Labute approximate surface area is 201 Å². The fraction of sp³-hybridized carbons (Fsp3) is 0.0741. The number of carbonyl (C=O) groups is 1. The second-order valence-corrected chi connectivity index (χ2v) is 8.69. The summed E-state index contributed by atoms with van der Waals surface area (Å²) in [5, 5.41) is 2.95. The highest BCUT2D eigenvalue weighted by atomic mass is 32.2. The molecule has 0 aliphatic carbocycles. The minimum atomic E-state index is -0.186. The first-order chi connectivity index (χ1) is 16.7. The number of nitrogens with zero attached hydrogens (tertiary/aromatic N) is 3. The van der Waals surface area contributed by atoms with Crippen molar-refractivity contribution in [2.45, 2.75) is 17.3 Å². The third-order valence-corrected chi connectivity index (χ3v) is 6.22. The molecule has 0 saturated heterocycles. The molecule has 0 aliphatic rings. The average molecular weight is 467 g/mol. The summed E-state index contributed by atoms with van der Waals surface area (Å²) in [6, 6.07) is 24.8. The number of hydrogen-bond donors (Lipinski definition) is 1. The summed E-state index contributed by atoms with van der Waals surface area (Å²) in [5.74, 6) is 1.28. The lowest BCUT2D eigenvalue weighted by Crippen LogP contribution is -2.11. The molecular weight excluding hydrogens is 444 g/mol. The Morgan fingerprint density at radius 2 is 1.91 bits per heavy atom. The van der Waals surface area contributed by atoms with Gasteiger partial charge in [0.05, 0.1) is 5.69 Å². The molecule has 3 heterocycles. The Bertz CT molecular complexity index is 1370. The number of rotatable bonds is 8. The van der Waals surface area contributed by atoms with E-state index in [2.05, 4.69) is 21.4 Å². The number of imidazole rings is 1. The molecule has 1 N–H and O–H groups in total. The maximum absolute atomic E-state index is 12.8. The number of anilines is 1. The Hall–Kier alpha value is -4.10. The standard InChI is InChI=1S/C27H22N4O2S/c32-27(30-22-9-11-25(12-10-22)34-19-20-5-4-13-28-16-20)21-6-3-7-24(15-21)33-18-23-17-31-14-2-1-8-26(31)29-23/h1-17H,18-19H2,(H,30,32). The predicted molar refractivity (Wildman–Crippen MR) is 134 cm³/mol. The number of nitrogens with one attached hydrogen (secondary N) is 1. The van der Waals surface area contributed by atoms with E-state index < -0.39 is 0 Å². The Balaban J connectivity index is 1.17. The summed E-state index contributed by atoms with van der Waals surface area (Å²) < 4.78 is 7.83. The molecular formula is C27H22N4O2S. The van der Waals surface area contributed by atoms with E-state index >= 15 is 0 Å². The number of amides is 1. The van der Waals surface area contributed by atoms with Crippen LogP contribution in [-0.4, -0.2) is 20.3 Å². The third kappa shape index (κ3) is 5.44. The van der Waals surface area contributed by atoms with Gasteiger partial charge in [-0.25, -0.2) is 4.98 Å². The summed E-state index contributed by atoms with van der Waals surface area (Å²) in [7, 11) is 0. The molecule has 34 heavy (non-hydrogen) atoms. The molecule has 0 unspecified atom stereocenters. The summed E-state index contributed by atoms with van der Waals surface area (Å²) in [5.41, 5.74) is 4.14. The van der Waals surface area contributed by atoms with Gasteiger partial charge in [-0.15, -0.1) is 11.8 Å². The molecule has 168 valence electrons. The minimum absolute atomic E-state index is 0.186. The van der Waals surface area contributed by atoms with Crippen molar-refractivity contribution >= 4 is 29.0 Å². The highest BCUT2D eigenvalue weighted by molar-refractivity contribution is 7.98. The van der Waals surface area contributed by atoms with Crippen LogP contribution in [0.5, 0.6) is 5.75 Å². The molecule has 5 aromatic rings. The highest BCUT2D eigenvalue weighted by Crippen LogP contribution is 2.24. The zero-order valence-electron chi connectivity index (χ0n) is 18.3. The van der Waals surface area contributed by atoms with Crippen LogP contribution >= 0.6 is 11.8 Å². The van der Waals surface area contributed by atoms with Gasteiger partial charge in [0.15, 0.2) is 0 Å². The molecule has 3 aromatic heterocycles. The van der Waals surface area contributed by atoms with Gasteiger partial charge in [0.25, 0.3) is 5.91 Å². The quantitative estimate of drug-likeness (QED) is 0.290. The summed E-state index contributed by atoms with van der Waals surface area (Å²) in [6.45, 7) is 0.324. The van der Waals surface area contributed by atoms with Crippen LogP contribution in [0.2, 0.25) is 0 Å². The Kier molecular flexibility index (Phi) is 6.54. The van der Waals surface area contributed by atoms with Gasteiger partial charge in [0.2, 0.25) is 0 Å². The van der Waals surface area contributed by atoms with Crippen LogP contribution in [0.1, 0.15) is 21.6 Å². The number of carbonyl (C=O) groups excluding carboxylic acids is 1. The summed E-state index contributed by atoms with van der Waals surface area (Å²) in [6.07, 6.45) is 7.53. The molecule has 1 amide bonds. The molecule has 0 fully saturated rings. The average Bonchev–Trinajstić information content (AvgIpc) is 3.31. The second kappa shape index (κ2) is 10.2. The third-order valence-electron chi connectivity index (χ3n) is 5.14. The fourth-order valence-electron chi connectivity index (χ4n) is 3.43. The number of aromatic nitrogens is 3. The largest absolute Gasteiger partial charge is 0.487 e. The van der Waals surface area contributed by atoms with Crippen LogP contribution in [0.25, 0.3) is 5.65 Å². The monoisotopic (exact) mass is 466 g/mol. The van der Waals surface area contributed by atoms with E-state index in [1.807, 2.05) is 83.7 Å². The van der Waals surface area contributed by atoms with Crippen LogP contribution in [0.4, 0.5) is 5.69 Å². The van der Waals surface area contributed by atoms with Crippen LogP contribution in [0.3, 0.4) is 0 Å². The van der Waals surface area contributed by atoms with Crippen molar-refractivity contribution in [3.63, 3.8) is 0 Å². The van der Waals surface area contributed by atoms with Crippen LogP contribution < -0.4 is 10.1 Å². The van der Waals surface area contributed by atoms with E-state index in [1.54, 1.807) is 30.1 Å². The van der Waals surface area contributed by atoms with Gasteiger partial charge in [-0.2, -0.15) is 0 Å². The fourth-order valence-corrected chi connectivity index (χ4v) is 4.26. The number of pyridine rings is 2. The van der Waals surface area contributed by atoms with Gasteiger partial charge >= 0.3 is 0 Å². The molecule has 5 rings (SSSR count). The van der Waals surface area contributed by atoms with Crippen molar-refractivity contribution in [1.82, 2.24) is 14.4 Å². The Morgan fingerprint density at radius 1 is 1.00 bits per heavy atom. The first kappa shape index (κ1) is 21.7. The summed E-state index contributed by atoms with van der Waals surface area (Å²) >= 11 is 1.73. The number of ether oxygens (including phenoxy) is 1. The van der Waals surface area contributed by atoms with Crippen molar-refractivity contribution in [2.75, 3.05) is 5.32 Å². The lowest BCUT2D eigenvalue weighted by atomic mass is 10.2. The van der Waals surface area contributed by atoms with E-state index in [1.165, 1.54) is 5.56 Å². The second-order valence-electron chi connectivity index (χ2n) is 7.64. The van der Waals surface area contributed by atoms with Gasteiger partial charge in [-0.05, 0) is 66.2 Å². The molecule has 0 atom stereocenters. The van der Waals surface area contributed by atoms with Crippen molar-refractivity contribution in [3.05, 3.63) is 120 Å². The highest BCUT2D eigenvalue weighted by Gasteiger charge is 2.09. The molecule has 0 radical (unpaired) electrons. The molecule has 0 saturated carbocycles. The number of hydrogen-bond acceptors (Lipinski definition) is 5. The number of benzene rings is 2. The molecule has 0 spiro atoms. The normalized spacial score (nSPS) is 10.8. The molecule has 7 heteroatoms. The molecule has 0 bridgehead atoms. The van der Waals surface area contributed by atoms with Gasteiger partial charge < -0.3 is 14.5 Å². The molecule has 0 aliphatic heterocycles. The lowest BCUT2D eigenvalue weighted by Gasteiger charge is -2.09. The maximum Gasteiger partial charge on any atom is 0.255 e. The molecule has 6 nitrogen and oxygen atoms in total. The van der Waals surface area contributed by atoms with Gasteiger partial charge in [0.1, 0.15) is 18.0 Å². The van der Waals surface area contributed by atoms with Gasteiger partial charge in [0, 0.05) is 46.7 Å². The maximum atomic E-state index is 12.8. The smallest absolute Gasteiger partial charge is 0.255 e. The van der Waals surface area contributed by atoms with Crippen LogP contribution in [0.15, 0.2) is 109 Å². The zero-order valence-corrected chi connectivity index (χ0v) is 19.1. The zero-order chi connectivity index (χ0) is 23.2. The van der Waals surface area contributed by atoms with E-state index in [4.69, 9.17) is 4.74 Å². The van der Waals surface area contributed by atoms with Crippen LogP contribution in [0, 0.1) is 0 Å². The minimum Gasteiger partial charge on any atom is -0.487 e. The van der Waals surface area contributed by atoms with Gasteiger partial charge in [-0.1, -0.05) is 18.2 Å². The van der Waals surface area contributed by atoms with Gasteiger partial charge in [-0.3, -0.25) is 9.78 Å². The van der Waals surface area contributed by atoms with Crippen molar-refractivity contribution in [1.29, 1.82) is 0 Å². The number of thioether (sulfide) groups is 1. The van der Waals surface area contributed by atoms with E-state index in [-0.39, 0.29) is 5.91 Å². The Morgan fingerprint density at radius 3 is 2.74 bits per heavy atom. The first-order valence-corrected chi connectivity index (χ1v) is 11.8. The lowest BCUT2D eigenvalue weighted by molar-refractivity contribution is 0.102. The number of fused-ring (bicyclic) bond motifs is 1. The summed E-state index contributed by atoms with van der Waals surface area (Å²) in [4.78, 5) is 22.6. The van der Waals surface area contributed by atoms with E-state index in [9.17, 15) is 4.79 Å². The predicted octanol–water partition coefficient (Wildman–Crippen LogP) is 5.85. The van der Waals surface area contributed by atoms with Crippen molar-refractivity contribution in [2.24, 2.45) is 0 Å². The van der Waals surface area contributed by atoms with Crippen LogP contribution in [-0.2, 0) is 12.4 Å². The van der Waals surface area contributed by atoms with Crippen molar-refractivity contribution < 1.29 is 9.53 Å². The SMILES string of the molecule is O=C(Nc1ccc(SCc2cccnc2)cc1)c1cccc(OCc2cn3ccccc3n2)c1. The van der Waals surface area contributed by atoms with E-state index in [0.717, 1.165) is 27.7 Å². The topological polar surface area (TPSA) is 68.5 Å².